The van der Waals surface area contributed by atoms with Gasteiger partial charge in [0.1, 0.15) is 5.92 Å². The van der Waals surface area contributed by atoms with Gasteiger partial charge in [-0.1, -0.05) is 35.9 Å². The molecule has 2 aliphatic rings. The van der Waals surface area contributed by atoms with Crippen LogP contribution < -0.4 is 5.01 Å². The summed E-state index contributed by atoms with van der Waals surface area (Å²) in [5.74, 6) is -1.74. The van der Waals surface area contributed by atoms with Gasteiger partial charge in [0.2, 0.25) is 0 Å². The second-order valence-corrected chi connectivity index (χ2v) is 7.04. The van der Waals surface area contributed by atoms with E-state index in [1.54, 1.807) is 17.1 Å². The molecule has 0 spiro atoms. The number of carbonyl (C=O) groups is 2. The molecule has 144 valence electrons. The fourth-order valence-electron chi connectivity index (χ4n) is 4.01. The van der Waals surface area contributed by atoms with Crippen LogP contribution in [0.1, 0.15) is 17.2 Å². The second-order valence-electron chi connectivity index (χ2n) is 6.61. The van der Waals surface area contributed by atoms with Crippen molar-refractivity contribution in [3.8, 4) is 0 Å². The van der Waals surface area contributed by atoms with Gasteiger partial charge in [-0.15, -0.1) is 0 Å². The van der Waals surface area contributed by atoms with Gasteiger partial charge in [-0.3, -0.25) is 14.8 Å². The van der Waals surface area contributed by atoms with Gasteiger partial charge in [-0.25, -0.2) is 4.79 Å². The maximum atomic E-state index is 12.8. The molecule has 7 heteroatoms. The Kier molecular flexibility index (Phi) is 4.73. The molecule has 2 aromatic carbocycles. The lowest BCUT2D eigenvalue weighted by Gasteiger charge is -2.36. The average Bonchev–Trinajstić information content (AvgIpc) is 3.08. The number of fused-ring (bicyclic) bond motifs is 3. The van der Waals surface area contributed by atoms with Crippen molar-refractivity contribution in [2.24, 2.45) is 5.92 Å². The summed E-state index contributed by atoms with van der Waals surface area (Å²) in [5.41, 5.74) is 2.67. The van der Waals surface area contributed by atoms with Gasteiger partial charge in [0.15, 0.2) is 6.04 Å². The topological polar surface area (TPSA) is 59.1 Å². The molecule has 3 atom stereocenters. The molecule has 4 rings (SSSR count). The van der Waals surface area contributed by atoms with Crippen LogP contribution in [0, 0.1) is 5.92 Å². The lowest BCUT2D eigenvalue weighted by atomic mass is 9.85. The Hall–Kier alpha value is -2.99. The fourth-order valence-corrected chi connectivity index (χ4v) is 4.13. The van der Waals surface area contributed by atoms with Crippen LogP contribution in [-0.2, 0) is 19.1 Å². The molecule has 0 bridgehead atoms. The van der Waals surface area contributed by atoms with E-state index in [1.807, 2.05) is 53.7 Å². The van der Waals surface area contributed by atoms with E-state index in [2.05, 4.69) is 0 Å². The maximum Gasteiger partial charge on any atom is 0.331 e. The van der Waals surface area contributed by atoms with Crippen molar-refractivity contribution >= 4 is 35.3 Å². The Labute approximate surface area is 167 Å². The molecule has 2 aromatic rings. The van der Waals surface area contributed by atoms with Crippen molar-refractivity contribution in [1.82, 2.24) is 5.01 Å². The molecular weight excluding hydrogens is 380 g/mol. The summed E-state index contributed by atoms with van der Waals surface area (Å²) in [6.07, 6.45) is 3.84. The van der Waals surface area contributed by atoms with E-state index in [1.165, 1.54) is 14.2 Å². The van der Waals surface area contributed by atoms with Gasteiger partial charge in [0.05, 0.1) is 25.9 Å². The predicted molar refractivity (Wildman–Crippen MR) is 105 cm³/mol. The van der Waals surface area contributed by atoms with E-state index in [9.17, 15) is 9.59 Å². The molecule has 1 saturated heterocycles. The van der Waals surface area contributed by atoms with Gasteiger partial charge in [0, 0.05) is 11.2 Å². The minimum absolute atomic E-state index is 0.395. The third-order valence-corrected chi connectivity index (χ3v) is 5.46. The van der Waals surface area contributed by atoms with Gasteiger partial charge in [-0.2, -0.15) is 0 Å². The van der Waals surface area contributed by atoms with Crippen molar-refractivity contribution < 1.29 is 19.1 Å². The van der Waals surface area contributed by atoms with Crippen LogP contribution >= 0.6 is 11.6 Å². The Morgan fingerprint density at radius 2 is 1.64 bits per heavy atom. The van der Waals surface area contributed by atoms with Crippen LogP contribution in [0.2, 0.25) is 5.02 Å². The van der Waals surface area contributed by atoms with E-state index in [0.717, 1.165) is 16.8 Å². The van der Waals surface area contributed by atoms with E-state index < -0.39 is 29.9 Å². The highest BCUT2D eigenvalue weighted by atomic mass is 35.5. The maximum absolute atomic E-state index is 12.8. The van der Waals surface area contributed by atoms with Crippen LogP contribution in [-0.4, -0.2) is 37.2 Å². The van der Waals surface area contributed by atoms with E-state index >= 15 is 0 Å². The first-order chi connectivity index (χ1) is 13.6. The van der Waals surface area contributed by atoms with Crippen LogP contribution in [0.25, 0.3) is 6.08 Å². The van der Waals surface area contributed by atoms with Gasteiger partial charge in [0.25, 0.3) is 0 Å². The molecule has 6 nitrogen and oxygen atoms in total. The smallest absolute Gasteiger partial charge is 0.331 e. The number of hydrazine groups is 1. The van der Waals surface area contributed by atoms with E-state index in [4.69, 9.17) is 21.1 Å². The Morgan fingerprint density at radius 3 is 2.32 bits per heavy atom. The molecule has 0 unspecified atom stereocenters. The lowest BCUT2D eigenvalue weighted by Crippen LogP contribution is -2.46. The van der Waals surface area contributed by atoms with Crippen molar-refractivity contribution in [2.45, 2.75) is 12.1 Å². The highest BCUT2D eigenvalue weighted by molar-refractivity contribution is 6.30. The molecule has 0 radical (unpaired) electrons. The lowest BCUT2D eigenvalue weighted by molar-refractivity contribution is -0.153. The standard InChI is InChI=1S/C21H19ClN2O4/c1-27-20(25)17-18-16-6-4-3-5-13(16)11-12-23(18)24(19(17)21(26)28-2)15-9-7-14(22)8-10-15/h3-12,17-19H,1-2H3/t17-,18+,19+/m1/s1. The third-order valence-electron chi connectivity index (χ3n) is 5.21. The minimum Gasteiger partial charge on any atom is -0.469 e. The highest BCUT2D eigenvalue weighted by Crippen LogP contribution is 2.48. The molecule has 0 saturated carbocycles. The summed E-state index contributed by atoms with van der Waals surface area (Å²) >= 11 is 6.04. The summed E-state index contributed by atoms with van der Waals surface area (Å²) < 4.78 is 10.1. The Bertz CT molecular complexity index is 944. The average molecular weight is 399 g/mol. The number of ether oxygens (including phenoxy) is 2. The zero-order chi connectivity index (χ0) is 19.8. The van der Waals surface area contributed by atoms with Crippen molar-refractivity contribution in [2.75, 3.05) is 19.2 Å². The molecule has 0 aromatic heterocycles. The second kappa shape index (κ2) is 7.20. The summed E-state index contributed by atoms with van der Waals surface area (Å²) in [4.78, 5) is 25.6. The number of anilines is 1. The molecule has 28 heavy (non-hydrogen) atoms. The molecule has 0 aliphatic carbocycles. The molecule has 2 aliphatic heterocycles. The summed E-state index contributed by atoms with van der Waals surface area (Å²) in [5, 5.41) is 4.26. The monoisotopic (exact) mass is 398 g/mol. The highest BCUT2D eigenvalue weighted by Gasteiger charge is 2.56. The van der Waals surface area contributed by atoms with E-state index in [-0.39, 0.29) is 0 Å². The van der Waals surface area contributed by atoms with Crippen molar-refractivity contribution in [3.05, 3.63) is 70.9 Å². The fraction of sp³-hybridized carbons (Fsp3) is 0.238. The van der Waals surface area contributed by atoms with Gasteiger partial charge >= 0.3 is 11.9 Å². The first-order valence-electron chi connectivity index (χ1n) is 8.82. The third kappa shape index (κ3) is 2.81. The van der Waals surface area contributed by atoms with Gasteiger partial charge < -0.3 is 9.47 Å². The number of esters is 2. The Morgan fingerprint density at radius 1 is 0.964 bits per heavy atom. The summed E-state index contributed by atoms with van der Waals surface area (Å²) in [6, 6.07) is 13.6. The van der Waals surface area contributed by atoms with Crippen molar-refractivity contribution in [3.63, 3.8) is 0 Å². The number of hydrogen-bond donors (Lipinski definition) is 0. The van der Waals surface area contributed by atoms with Crippen LogP contribution in [0.3, 0.4) is 0 Å². The number of methoxy groups -OCH3 is 2. The minimum atomic E-state index is -0.876. The van der Waals surface area contributed by atoms with Crippen LogP contribution in [0.15, 0.2) is 54.7 Å². The quantitative estimate of drug-likeness (QED) is 0.738. The number of carbonyl (C=O) groups excluding carboxylic acids is 2. The molecular formula is C21H19ClN2O4. The first kappa shape index (κ1) is 18.4. The first-order valence-corrected chi connectivity index (χ1v) is 9.20. The molecule has 0 N–H and O–H groups in total. The van der Waals surface area contributed by atoms with E-state index in [0.29, 0.717) is 5.02 Å². The predicted octanol–water partition coefficient (Wildman–Crippen LogP) is 3.43. The zero-order valence-corrected chi connectivity index (χ0v) is 16.2. The molecule has 1 fully saturated rings. The number of benzene rings is 2. The van der Waals surface area contributed by atoms with Gasteiger partial charge in [-0.05, 0) is 41.5 Å². The largest absolute Gasteiger partial charge is 0.469 e. The van der Waals surface area contributed by atoms with Crippen LogP contribution in [0.5, 0.6) is 0 Å². The number of nitrogens with zero attached hydrogens (tertiary/aromatic N) is 2. The Balaban J connectivity index is 1.91. The van der Waals surface area contributed by atoms with Crippen molar-refractivity contribution in [1.29, 1.82) is 0 Å². The number of hydrogen-bond acceptors (Lipinski definition) is 6. The molecule has 2 heterocycles. The SMILES string of the molecule is COC(=O)[C@H]1[C@@H](C(=O)OC)N(c2ccc(Cl)cc2)N2C=Cc3ccccc3[C@@H]12. The van der Waals surface area contributed by atoms with Crippen LogP contribution in [0.4, 0.5) is 5.69 Å². The number of rotatable bonds is 3. The summed E-state index contributed by atoms with van der Waals surface area (Å²) in [6.45, 7) is 0. The molecule has 0 amide bonds. The summed E-state index contributed by atoms with van der Waals surface area (Å²) in [7, 11) is 2.65. The normalized spacial score (nSPS) is 22.5. The zero-order valence-electron chi connectivity index (χ0n) is 15.4. The number of halogens is 1.